The van der Waals surface area contributed by atoms with Crippen LogP contribution in [0.4, 0.5) is 0 Å². The molecule has 0 aliphatic carbocycles. The molecule has 0 spiro atoms. The van der Waals surface area contributed by atoms with Gasteiger partial charge in [-0.15, -0.1) is 0 Å². The number of amides is 1. The van der Waals surface area contributed by atoms with E-state index >= 15 is 0 Å². The van der Waals surface area contributed by atoms with Crippen LogP contribution in [0.2, 0.25) is 0 Å². The van der Waals surface area contributed by atoms with Crippen molar-refractivity contribution in [1.82, 2.24) is 4.90 Å². The molecule has 1 N–H and O–H groups in total. The Balaban J connectivity index is 1.84. The molecule has 2 heterocycles. The number of ether oxygens (including phenoxy) is 1. The Bertz CT molecular complexity index is 957. The number of methoxy groups -OCH3 is 1. The second-order valence-corrected chi connectivity index (χ2v) is 8.57. The van der Waals surface area contributed by atoms with Crippen LogP contribution in [-0.2, 0) is 32.7 Å². The number of esters is 1. The lowest BCUT2D eigenvalue weighted by Crippen LogP contribution is -2.64. The summed E-state index contributed by atoms with van der Waals surface area (Å²) >= 11 is 0. The molecule has 1 fully saturated rings. The van der Waals surface area contributed by atoms with Gasteiger partial charge in [-0.05, 0) is 60.9 Å². The number of hydrogen-bond donors (Lipinski definition) is 1. The van der Waals surface area contributed by atoms with Crippen LogP contribution < -0.4 is 0 Å². The van der Waals surface area contributed by atoms with Crippen LogP contribution in [0.25, 0.3) is 0 Å². The highest BCUT2D eigenvalue weighted by Gasteiger charge is 2.59. The van der Waals surface area contributed by atoms with E-state index in [1.165, 1.54) is 7.11 Å². The zero-order valence-electron chi connectivity index (χ0n) is 17.7. The third-order valence-corrected chi connectivity index (χ3v) is 6.92. The van der Waals surface area contributed by atoms with E-state index in [0.29, 0.717) is 38.6 Å². The fourth-order valence-corrected chi connectivity index (χ4v) is 5.54. The van der Waals surface area contributed by atoms with Crippen LogP contribution in [0, 0.1) is 5.41 Å². The Labute approximate surface area is 177 Å². The summed E-state index contributed by atoms with van der Waals surface area (Å²) in [4.78, 5) is 28.7. The molecule has 2 aromatic carbocycles. The molecule has 2 atom stereocenters. The number of aromatic hydroxyl groups is 1. The van der Waals surface area contributed by atoms with E-state index in [0.717, 1.165) is 23.1 Å². The summed E-state index contributed by atoms with van der Waals surface area (Å²) in [5.74, 6) is -0.287. The average Bonchev–Trinajstić information content (AvgIpc) is 2.76. The molecule has 158 valence electrons. The lowest BCUT2D eigenvalue weighted by atomic mass is 9.64. The van der Waals surface area contributed by atoms with Gasteiger partial charge in [0.2, 0.25) is 5.91 Å². The number of phenols is 1. The van der Waals surface area contributed by atoms with Crippen molar-refractivity contribution in [2.75, 3.05) is 13.7 Å². The molecule has 5 nitrogen and oxygen atoms in total. The van der Waals surface area contributed by atoms with Crippen LogP contribution in [-0.4, -0.2) is 35.5 Å². The van der Waals surface area contributed by atoms with Crippen molar-refractivity contribution < 1.29 is 19.4 Å². The predicted octanol–water partition coefficient (Wildman–Crippen LogP) is 3.97. The maximum absolute atomic E-state index is 13.9. The number of fused-ring (bicyclic) bond motifs is 3. The lowest BCUT2D eigenvalue weighted by Gasteiger charge is -2.55. The van der Waals surface area contributed by atoms with Gasteiger partial charge in [-0.25, -0.2) is 0 Å². The van der Waals surface area contributed by atoms with Crippen LogP contribution in [0.5, 0.6) is 5.75 Å². The Kier molecular flexibility index (Phi) is 5.31. The van der Waals surface area contributed by atoms with Gasteiger partial charge in [-0.3, -0.25) is 9.59 Å². The maximum atomic E-state index is 13.9. The summed E-state index contributed by atoms with van der Waals surface area (Å²) in [6.45, 7) is 2.53. The minimum absolute atomic E-state index is 0.114. The van der Waals surface area contributed by atoms with E-state index in [1.54, 1.807) is 6.07 Å². The van der Waals surface area contributed by atoms with E-state index in [2.05, 4.69) is 12.1 Å². The van der Waals surface area contributed by atoms with E-state index in [1.807, 2.05) is 42.2 Å². The van der Waals surface area contributed by atoms with Crippen molar-refractivity contribution in [2.24, 2.45) is 5.41 Å². The SMILES string of the molecule is CCC[C@@]1(C(=O)OC)CC[C@@]2(Cc3ccccc3)c3ccc(O)cc3CCN2C1=O. The average molecular weight is 408 g/mol. The van der Waals surface area contributed by atoms with Crippen molar-refractivity contribution in [3.05, 3.63) is 65.2 Å². The second kappa shape index (κ2) is 7.78. The standard InChI is InChI=1S/C25H29NO4/c1-3-12-24(23(29)30-2)13-14-25(17-18-7-5-4-6-8-18)21-10-9-20(27)16-19(21)11-15-26(25)22(24)28/h4-10,16,27H,3,11-15,17H2,1-2H3/t24-,25-/m1/s1. The topological polar surface area (TPSA) is 66.8 Å². The molecule has 2 aromatic rings. The number of carbonyl (C=O) groups excluding carboxylic acids is 2. The van der Waals surface area contributed by atoms with E-state index in [-0.39, 0.29) is 11.7 Å². The van der Waals surface area contributed by atoms with Gasteiger partial charge < -0.3 is 14.7 Å². The van der Waals surface area contributed by atoms with Crippen LogP contribution in [0.3, 0.4) is 0 Å². The number of carbonyl (C=O) groups is 2. The van der Waals surface area contributed by atoms with Gasteiger partial charge in [0.15, 0.2) is 0 Å². The number of nitrogens with zero attached hydrogens (tertiary/aromatic N) is 1. The van der Waals surface area contributed by atoms with E-state index in [4.69, 9.17) is 4.74 Å². The van der Waals surface area contributed by atoms with Crippen LogP contribution in [0.15, 0.2) is 48.5 Å². The third kappa shape index (κ3) is 3.08. The van der Waals surface area contributed by atoms with Crippen LogP contribution >= 0.6 is 0 Å². The molecule has 2 aliphatic heterocycles. The van der Waals surface area contributed by atoms with Crippen LogP contribution in [0.1, 0.15) is 49.3 Å². The minimum Gasteiger partial charge on any atom is -0.508 e. The predicted molar refractivity (Wildman–Crippen MR) is 114 cm³/mol. The molecular weight excluding hydrogens is 378 g/mol. The zero-order chi connectivity index (χ0) is 21.4. The molecule has 2 aliphatic rings. The van der Waals surface area contributed by atoms with Crippen molar-refractivity contribution in [1.29, 1.82) is 0 Å². The fourth-order valence-electron chi connectivity index (χ4n) is 5.54. The maximum Gasteiger partial charge on any atom is 0.321 e. The highest BCUT2D eigenvalue weighted by molar-refractivity contribution is 6.03. The molecule has 1 saturated heterocycles. The van der Waals surface area contributed by atoms with E-state index in [9.17, 15) is 14.7 Å². The van der Waals surface area contributed by atoms with Gasteiger partial charge in [-0.1, -0.05) is 49.7 Å². The number of phenolic OH excluding ortho intramolecular Hbond substituents is 1. The first-order chi connectivity index (χ1) is 14.5. The third-order valence-electron chi connectivity index (χ3n) is 6.92. The van der Waals surface area contributed by atoms with Crippen molar-refractivity contribution in [2.45, 2.75) is 51.0 Å². The summed E-state index contributed by atoms with van der Waals surface area (Å²) in [6.07, 6.45) is 3.73. The highest BCUT2D eigenvalue weighted by atomic mass is 16.5. The van der Waals surface area contributed by atoms with Gasteiger partial charge in [0.05, 0.1) is 12.6 Å². The van der Waals surface area contributed by atoms with Gasteiger partial charge in [0.25, 0.3) is 0 Å². The summed E-state index contributed by atoms with van der Waals surface area (Å²) in [5.41, 5.74) is 1.69. The summed E-state index contributed by atoms with van der Waals surface area (Å²) in [5, 5.41) is 10.0. The number of piperidine rings is 1. The quantitative estimate of drug-likeness (QED) is 0.602. The van der Waals surface area contributed by atoms with E-state index < -0.39 is 16.9 Å². The second-order valence-electron chi connectivity index (χ2n) is 8.57. The van der Waals surface area contributed by atoms with Crippen molar-refractivity contribution in [3.63, 3.8) is 0 Å². The molecule has 0 saturated carbocycles. The first-order valence-electron chi connectivity index (χ1n) is 10.7. The largest absolute Gasteiger partial charge is 0.508 e. The molecule has 30 heavy (non-hydrogen) atoms. The molecule has 1 amide bonds. The molecule has 4 rings (SSSR count). The van der Waals surface area contributed by atoms with Crippen molar-refractivity contribution in [3.8, 4) is 5.75 Å². The molecule has 0 aromatic heterocycles. The lowest BCUT2D eigenvalue weighted by molar-refractivity contribution is -0.176. The molecule has 0 radical (unpaired) electrons. The zero-order valence-corrected chi connectivity index (χ0v) is 17.7. The highest BCUT2D eigenvalue weighted by Crippen LogP contribution is 2.52. The van der Waals surface area contributed by atoms with Gasteiger partial charge >= 0.3 is 5.97 Å². The number of rotatable bonds is 5. The van der Waals surface area contributed by atoms with Gasteiger partial charge in [0, 0.05) is 6.54 Å². The Morgan fingerprint density at radius 1 is 1.17 bits per heavy atom. The summed E-state index contributed by atoms with van der Waals surface area (Å²) < 4.78 is 5.11. The number of hydrogen-bond acceptors (Lipinski definition) is 4. The van der Waals surface area contributed by atoms with Gasteiger partial charge in [0.1, 0.15) is 11.2 Å². The Hall–Kier alpha value is -2.82. The van der Waals surface area contributed by atoms with Crippen molar-refractivity contribution >= 4 is 11.9 Å². The molecule has 0 bridgehead atoms. The fraction of sp³-hybridized carbons (Fsp3) is 0.440. The summed E-state index contributed by atoms with van der Waals surface area (Å²) in [6, 6.07) is 15.7. The molecular formula is C25H29NO4. The molecule has 5 heteroatoms. The first-order valence-corrected chi connectivity index (χ1v) is 10.7. The Morgan fingerprint density at radius 2 is 1.93 bits per heavy atom. The normalized spacial score (nSPS) is 25.4. The number of benzene rings is 2. The smallest absolute Gasteiger partial charge is 0.321 e. The summed E-state index contributed by atoms with van der Waals surface area (Å²) in [7, 11) is 1.37. The minimum atomic E-state index is -1.10. The first kappa shape index (κ1) is 20.5. The monoisotopic (exact) mass is 407 g/mol. The Morgan fingerprint density at radius 3 is 2.63 bits per heavy atom. The molecule has 0 unspecified atom stereocenters. The van der Waals surface area contributed by atoms with Gasteiger partial charge in [-0.2, -0.15) is 0 Å².